The molecule has 1 N–H and O–H groups in total. The van der Waals surface area contributed by atoms with Crippen molar-refractivity contribution in [1.29, 1.82) is 0 Å². The summed E-state index contributed by atoms with van der Waals surface area (Å²) >= 11 is 0. The highest BCUT2D eigenvalue weighted by Crippen LogP contribution is 2.41. The van der Waals surface area contributed by atoms with E-state index in [1.165, 1.54) is 5.56 Å². The average Bonchev–Trinajstić information content (AvgIpc) is 2.63. The lowest BCUT2D eigenvalue weighted by atomic mass is 9.75. The molecule has 1 unspecified atom stereocenters. The van der Waals surface area contributed by atoms with Gasteiger partial charge in [0.2, 0.25) is 11.8 Å². The van der Waals surface area contributed by atoms with Crippen LogP contribution in [0.5, 0.6) is 5.75 Å². The molecule has 0 bridgehead atoms. The number of carbonyl (C=O) groups excluding carboxylic acids is 2. The van der Waals surface area contributed by atoms with E-state index < -0.39 is 5.92 Å². The highest BCUT2D eigenvalue weighted by molar-refractivity contribution is 6.00. The van der Waals surface area contributed by atoms with Crippen LogP contribution in [-0.2, 0) is 14.3 Å². The minimum atomic E-state index is -0.650. The second kappa shape index (κ2) is 7.87. The fourth-order valence-electron chi connectivity index (χ4n) is 3.49. The Bertz CT molecular complexity index is 622. The van der Waals surface area contributed by atoms with Crippen LogP contribution in [0.15, 0.2) is 24.3 Å². The molecule has 0 radical (unpaired) electrons. The van der Waals surface area contributed by atoms with E-state index in [0.717, 1.165) is 18.6 Å². The third-order valence-corrected chi connectivity index (χ3v) is 5.15. The zero-order valence-electron chi connectivity index (χ0n) is 14.9. The van der Waals surface area contributed by atoms with Gasteiger partial charge in [-0.15, -0.1) is 0 Å². The van der Waals surface area contributed by atoms with E-state index in [1.54, 1.807) is 18.9 Å². The van der Waals surface area contributed by atoms with Crippen LogP contribution in [0.25, 0.3) is 0 Å². The lowest BCUT2D eigenvalue weighted by molar-refractivity contribution is -0.144. The van der Waals surface area contributed by atoms with Crippen LogP contribution >= 0.6 is 0 Å². The predicted molar refractivity (Wildman–Crippen MR) is 93.5 cm³/mol. The number of morpholine rings is 1. The molecule has 1 aromatic rings. The van der Waals surface area contributed by atoms with Gasteiger partial charge in [0.25, 0.3) is 0 Å². The minimum Gasteiger partial charge on any atom is -0.496 e. The fourth-order valence-corrected chi connectivity index (χ4v) is 3.49. The third kappa shape index (κ3) is 3.95. The largest absolute Gasteiger partial charge is 0.496 e. The van der Waals surface area contributed by atoms with Crippen molar-refractivity contribution in [3.05, 3.63) is 29.8 Å². The molecule has 0 spiro atoms. The smallest absolute Gasteiger partial charge is 0.235 e. The molecule has 2 aliphatic rings. The van der Waals surface area contributed by atoms with E-state index in [1.807, 2.05) is 18.2 Å². The Hall–Kier alpha value is -2.08. The van der Waals surface area contributed by atoms with Gasteiger partial charge in [-0.2, -0.15) is 0 Å². The van der Waals surface area contributed by atoms with E-state index in [4.69, 9.17) is 9.47 Å². The van der Waals surface area contributed by atoms with Crippen LogP contribution in [0.3, 0.4) is 0 Å². The first-order valence-electron chi connectivity index (χ1n) is 8.90. The summed E-state index contributed by atoms with van der Waals surface area (Å²) < 4.78 is 10.7. The molecule has 6 heteroatoms. The average molecular weight is 346 g/mol. The highest BCUT2D eigenvalue weighted by Gasteiger charge is 2.35. The van der Waals surface area contributed by atoms with E-state index in [9.17, 15) is 9.59 Å². The Morgan fingerprint density at radius 3 is 2.60 bits per heavy atom. The van der Waals surface area contributed by atoms with Gasteiger partial charge >= 0.3 is 0 Å². The normalized spacial score (nSPS) is 24.2. The molecule has 136 valence electrons. The molecule has 1 saturated heterocycles. The summed E-state index contributed by atoms with van der Waals surface area (Å²) in [6, 6.07) is 8.13. The lowest BCUT2D eigenvalue weighted by Crippen LogP contribution is -2.50. The summed E-state index contributed by atoms with van der Waals surface area (Å²) in [5.41, 5.74) is 1.19. The van der Waals surface area contributed by atoms with Gasteiger partial charge in [0.05, 0.1) is 20.3 Å². The highest BCUT2D eigenvalue weighted by atomic mass is 16.5. The van der Waals surface area contributed by atoms with Crippen LogP contribution in [0.4, 0.5) is 0 Å². The van der Waals surface area contributed by atoms with Crippen molar-refractivity contribution in [3.8, 4) is 5.75 Å². The van der Waals surface area contributed by atoms with Gasteiger partial charge in [0, 0.05) is 19.1 Å². The van der Waals surface area contributed by atoms with Gasteiger partial charge in [-0.05, 0) is 37.3 Å². The predicted octanol–water partition coefficient (Wildman–Crippen LogP) is 1.55. The summed E-state index contributed by atoms with van der Waals surface area (Å²) in [7, 11) is 1.68. The summed E-state index contributed by atoms with van der Waals surface area (Å²) in [5, 5.41) is 3.01. The van der Waals surface area contributed by atoms with Crippen molar-refractivity contribution in [3.63, 3.8) is 0 Å². The molecular weight excluding hydrogens is 320 g/mol. The molecule has 6 nitrogen and oxygen atoms in total. The monoisotopic (exact) mass is 346 g/mol. The van der Waals surface area contributed by atoms with Crippen LogP contribution in [0, 0.1) is 5.92 Å². The zero-order valence-corrected chi connectivity index (χ0v) is 14.9. The van der Waals surface area contributed by atoms with Gasteiger partial charge in [0.15, 0.2) is 0 Å². The van der Waals surface area contributed by atoms with E-state index in [2.05, 4.69) is 11.4 Å². The number of nitrogens with one attached hydrogen (secondary N) is 1. The van der Waals surface area contributed by atoms with Gasteiger partial charge in [-0.1, -0.05) is 18.2 Å². The Morgan fingerprint density at radius 2 is 1.92 bits per heavy atom. The second-order valence-corrected chi connectivity index (χ2v) is 6.78. The standard InChI is InChI=1S/C19H26N2O4/c1-13(19(23)21-7-9-25-10-8-21)18(22)20-15-11-14(12-15)16-5-3-4-6-17(16)24-2/h3-6,13-15H,7-12H2,1-2H3,(H,20,22). The number of hydrogen-bond donors (Lipinski definition) is 1. The zero-order chi connectivity index (χ0) is 17.8. The van der Waals surface area contributed by atoms with Crippen LogP contribution < -0.4 is 10.1 Å². The first-order chi connectivity index (χ1) is 12.1. The number of benzene rings is 1. The number of ether oxygens (including phenoxy) is 2. The maximum Gasteiger partial charge on any atom is 0.235 e. The molecule has 1 aliphatic heterocycles. The van der Waals surface area contributed by atoms with E-state index in [-0.39, 0.29) is 17.9 Å². The number of para-hydroxylation sites is 1. The molecule has 0 aromatic heterocycles. The Balaban J connectivity index is 1.49. The van der Waals surface area contributed by atoms with Gasteiger partial charge in [-0.25, -0.2) is 0 Å². The SMILES string of the molecule is COc1ccccc1C1CC(NC(=O)C(C)C(=O)N2CCOCC2)C1. The topological polar surface area (TPSA) is 67.9 Å². The van der Waals surface area contributed by atoms with E-state index >= 15 is 0 Å². The van der Waals surface area contributed by atoms with Gasteiger partial charge in [-0.3, -0.25) is 9.59 Å². The summed E-state index contributed by atoms with van der Waals surface area (Å²) in [5.74, 6) is 0.352. The Morgan fingerprint density at radius 1 is 1.24 bits per heavy atom. The molecule has 3 rings (SSSR count). The molecule has 1 saturated carbocycles. The first kappa shape index (κ1) is 17.7. The minimum absolute atomic E-state index is 0.110. The summed E-state index contributed by atoms with van der Waals surface area (Å²) in [6.45, 7) is 3.90. The number of nitrogens with zero attached hydrogens (tertiary/aromatic N) is 1. The molecule has 1 atom stereocenters. The van der Waals surface area contributed by atoms with Crippen molar-refractivity contribution in [2.24, 2.45) is 5.92 Å². The second-order valence-electron chi connectivity index (χ2n) is 6.78. The number of methoxy groups -OCH3 is 1. The molecular formula is C19H26N2O4. The Kier molecular flexibility index (Phi) is 5.58. The molecule has 2 fully saturated rings. The molecule has 1 aromatic carbocycles. The third-order valence-electron chi connectivity index (χ3n) is 5.15. The van der Waals surface area contributed by atoms with Crippen molar-refractivity contribution in [1.82, 2.24) is 10.2 Å². The van der Waals surface area contributed by atoms with Gasteiger partial charge in [0.1, 0.15) is 11.7 Å². The fraction of sp³-hybridized carbons (Fsp3) is 0.579. The molecule has 1 heterocycles. The van der Waals surface area contributed by atoms with Crippen molar-refractivity contribution >= 4 is 11.8 Å². The Labute approximate surface area is 148 Å². The number of rotatable bonds is 5. The number of hydrogen-bond acceptors (Lipinski definition) is 4. The lowest BCUT2D eigenvalue weighted by Gasteiger charge is -2.37. The van der Waals surface area contributed by atoms with Gasteiger partial charge < -0.3 is 19.7 Å². The van der Waals surface area contributed by atoms with Crippen LogP contribution in [0.2, 0.25) is 0 Å². The maximum absolute atomic E-state index is 12.4. The van der Waals surface area contributed by atoms with Crippen LogP contribution in [-0.4, -0.2) is 56.2 Å². The summed E-state index contributed by atoms with van der Waals surface area (Å²) in [4.78, 5) is 26.5. The van der Waals surface area contributed by atoms with Crippen LogP contribution in [0.1, 0.15) is 31.2 Å². The van der Waals surface area contributed by atoms with Crippen molar-refractivity contribution in [2.75, 3.05) is 33.4 Å². The van der Waals surface area contributed by atoms with E-state index in [0.29, 0.717) is 32.2 Å². The quantitative estimate of drug-likeness (QED) is 0.822. The number of carbonyl (C=O) groups is 2. The van der Waals surface area contributed by atoms with Crippen molar-refractivity contribution < 1.29 is 19.1 Å². The molecule has 1 aliphatic carbocycles. The number of amides is 2. The molecule has 25 heavy (non-hydrogen) atoms. The van der Waals surface area contributed by atoms with Crippen molar-refractivity contribution in [2.45, 2.75) is 31.7 Å². The first-order valence-corrected chi connectivity index (χ1v) is 8.90. The maximum atomic E-state index is 12.4. The summed E-state index contributed by atoms with van der Waals surface area (Å²) in [6.07, 6.45) is 1.76. The molecule has 2 amide bonds.